The van der Waals surface area contributed by atoms with Crippen LogP contribution >= 0.6 is 0 Å². The summed E-state index contributed by atoms with van der Waals surface area (Å²) in [5, 5.41) is 2.92. The number of carbonyl (C=O) groups is 2. The van der Waals surface area contributed by atoms with Crippen LogP contribution in [0.1, 0.15) is 53.1 Å². The molecule has 5 nitrogen and oxygen atoms in total. The van der Waals surface area contributed by atoms with E-state index in [1.165, 1.54) is 24.8 Å². The van der Waals surface area contributed by atoms with Gasteiger partial charge in [0.05, 0.1) is 12.7 Å². The Bertz CT molecular complexity index is 1470. The van der Waals surface area contributed by atoms with E-state index in [2.05, 4.69) is 22.4 Å². The Morgan fingerprint density at radius 2 is 1.62 bits per heavy atom. The van der Waals surface area contributed by atoms with Crippen molar-refractivity contribution in [2.75, 3.05) is 25.5 Å². The molecule has 0 bridgehead atoms. The monoisotopic (exact) mass is 574 g/mol. The molecule has 0 saturated carbocycles. The maximum atomic E-state index is 13.2. The van der Waals surface area contributed by atoms with Crippen molar-refractivity contribution in [1.29, 1.82) is 0 Å². The molecule has 1 saturated heterocycles. The number of hydrogen-bond donors (Lipinski definition) is 1. The van der Waals surface area contributed by atoms with E-state index in [1.54, 1.807) is 24.3 Å². The summed E-state index contributed by atoms with van der Waals surface area (Å²) in [6.45, 7) is 1.55. The molecule has 3 aromatic rings. The molecule has 0 radical (unpaired) electrons. The first-order chi connectivity index (χ1) is 20.2. The number of benzene rings is 3. The summed E-state index contributed by atoms with van der Waals surface area (Å²) in [6.07, 6.45) is 5.56. The van der Waals surface area contributed by atoms with Crippen LogP contribution in [0.25, 0.3) is 11.1 Å². The van der Waals surface area contributed by atoms with Gasteiger partial charge in [0.1, 0.15) is 6.04 Å². The zero-order chi connectivity index (χ0) is 29.7. The Kier molecular flexibility index (Phi) is 8.92. The van der Waals surface area contributed by atoms with E-state index >= 15 is 0 Å². The van der Waals surface area contributed by atoms with Gasteiger partial charge in [-0.05, 0) is 97.3 Å². The molecule has 5 rings (SSSR count). The summed E-state index contributed by atoms with van der Waals surface area (Å²) in [5.74, 6) is -0.238. The summed E-state index contributed by atoms with van der Waals surface area (Å²) < 4.78 is 44.1. The molecular weight excluding hydrogens is 541 g/mol. The molecule has 8 heteroatoms. The molecule has 1 aliphatic heterocycles. The molecule has 2 aliphatic rings. The molecule has 1 aliphatic carbocycles. The number of piperidine rings is 1. The largest absolute Gasteiger partial charge is 0.468 e. The zero-order valence-electron chi connectivity index (χ0n) is 23.4. The van der Waals surface area contributed by atoms with Crippen molar-refractivity contribution in [3.63, 3.8) is 0 Å². The standard InChI is InChI=1S/C34H33F3N2O3/c1-42-33(41)31(26-7-3-2-4-8-26)39-21-19-24(20-22-39)23-13-17-28(18-14-23)38-32(40)30-10-6-5-9-29(30)25-11-15-27(16-12-25)34(35,36)37/h3,5-18,24,31H,2,4,19-22H2,1H3,(H,38,40)/t31-/m0/s1. The lowest BCUT2D eigenvalue weighted by atomic mass is 9.87. The second kappa shape index (κ2) is 12.8. The highest BCUT2D eigenvalue weighted by molar-refractivity contribution is 6.08. The van der Waals surface area contributed by atoms with Gasteiger partial charge in [-0.2, -0.15) is 13.2 Å². The average molecular weight is 575 g/mol. The lowest BCUT2D eigenvalue weighted by Gasteiger charge is -2.37. The fourth-order valence-corrected chi connectivity index (χ4v) is 5.74. The predicted octanol–water partition coefficient (Wildman–Crippen LogP) is 7.62. The molecular formula is C34H33F3N2O3. The van der Waals surface area contributed by atoms with Crippen molar-refractivity contribution in [1.82, 2.24) is 4.90 Å². The normalized spacial score (nSPS) is 16.9. The number of esters is 1. The first kappa shape index (κ1) is 29.3. The van der Waals surface area contributed by atoms with E-state index in [0.29, 0.717) is 28.3 Å². The maximum absolute atomic E-state index is 13.2. The quantitative estimate of drug-likeness (QED) is 0.295. The highest BCUT2D eigenvalue weighted by Gasteiger charge is 2.33. The third kappa shape index (κ3) is 6.65. The van der Waals surface area contributed by atoms with Crippen LogP contribution in [0.3, 0.4) is 0 Å². The molecule has 1 atom stereocenters. The van der Waals surface area contributed by atoms with Crippen molar-refractivity contribution in [2.24, 2.45) is 0 Å². The highest BCUT2D eigenvalue weighted by atomic mass is 19.4. The fourth-order valence-electron chi connectivity index (χ4n) is 5.74. The van der Waals surface area contributed by atoms with Crippen LogP contribution in [-0.2, 0) is 15.7 Å². The highest BCUT2D eigenvalue weighted by Crippen LogP contribution is 2.33. The number of anilines is 1. The first-order valence-electron chi connectivity index (χ1n) is 14.1. The van der Waals surface area contributed by atoms with Crippen molar-refractivity contribution >= 4 is 17.6 Å². The van der Waals surface area contributed by atoms with Crippen LogP contribution < -0.4 is 5.32 Å². The van der Waals surface area contributed by atoms with E-state index < -0.39 is 11.7 Å². The van der Waals surface area contributed by atoms with Gasteiger partial charge < -0.3 is 10.1 Å². The first-order valence-corrected chi connectivity index (χ1v) is 14.1. The molecule has 0 aromatic heterocycles. The molecule has 1 N–H and O–H groups in total. The summed E-state index contributed by atoms with van der Waals surface area (Å²) in [4.78, 5) is 28.0. The number of hydrogen-bond acceptors (Lipinski definition) is 4. The van der Waals surface area contributed by atoms with Gasteiger partial charge >= 0.3 is 12.1 Å². The lowest BCUT2D eigenvalue weighted by Crippen LogP contribution is -2.46. The van der Waals surface area contributed by atoms with Crippen molar-refractivity contribution in [3.05, 3.63) is 113 Å². The second-order valence-electron chi connectivity index (χ2n) is 10.6. The Balaban J connectivity index is 1.23. The van der Waals surface area contributed by atoms with Crippen LogP contribution in [0.2, 0.25) is 0 Å². The fraction of sp³-hybridized carbons (Fsp3) is 0.294. The Hall–Kier alpha value is -4.17. The molecule has 1 amide bonds. The van der Waals surface area contributed by atoms with Gasteiger partial charge in [-0.3, -0.25) is 9.69 Å². The van der Waals surface area contributed by atoms with Crippen LogP contribution in [-0.4, -0.2) is 43.0 Å². The van der Waals surface area contributed by atoms with Gasteiger partial charge in [0.15, 0.2) is 0 Å². The number of allylic oxidation sites excluding steroid dienone is 2. The minimum Gasteiger partial charge on any atom is -0.468 e. The number of nitrogens with one attached hydrogen (secondary N) is 1. The molecule has 3 aromatic carbocycles. The summed E-state index contributed by atoms with van der Waals surface area (Å²) in [5.41, 5.74) is 3.52. The van der Waals surface area contributed by atoms with E-state index in [-0.39, 0.29) is 17.9 Å². The number of methoxy groups -OCH3 is 1. The molecule has 1 heterocycles. The SMILES string of the molecule is COC(=O)[C@H](C1=CCCC=C1)N1CCC(c2ccc(NC(=O)c3ccccc3-c3ccc(C(F)(F)F)cc3)cc2)CC1. The van der Waals surface area contributed by atoms with Crippen LogP contribution in [0.4, 0.5) is 18.9 Å². The second-order valence-corrected chi connectivity index (χ2v) is 10.6. The molecule has 0 unspecified atom stereocenters. The van der Waals surface area contributed by atoms with Crippen LogP contribution in [0.15, 0.2) is 96.6 Å². The van der Waals surface area contributed by atoms with Crippen molar-refractivity contribution < 1.29 is 27.5 Å². The van der Waals surface area contributed by atoms with Crippen molar-refractivity contribution in [2.45, 2.75) is 43.8 Å². The Morgan fingerprint density at radius 1 is 0.929 bits per heavy atom. The number of halogens is 3. The Labute approximate surface area is 243 Å². The van der Waals surface area contributed by atoms with Crippen molar-refractivity contribution in [3.8, 4) is 11.1 Å². The number of carbonyl (C=O) groups excluding carboxylic acids is 2. The lowest BCUT2D eigenvalue weighted by molar-refractivity contribution is -0.145. The number of amides is 1. The third-order valence-electron chi connectivity index (χ3n) is 7.99. The molecule has 1 fully saturated rings. The summed E-state index contributed by atoms with van der Waals surface area (Å²) >= 11 is 0. The summed E-state index contributed by atoms with van der Waals surface area (Å²) in [7, 11) is 1.43. The van der Waals surface area contributed by atoms with Gasteiger partial charge in [0.25, 0.3) is 5.91 Å². The van der Waals surface area contributed by atoms with Gasteiger partial charge in [0, 0.05) is 11.3 Å². The number of alkyl halides is 3. The van der Waals surface area contributed by atoms with E-state index in [0.717, 1.165) is 56.5 Å². The number of ether oxygens (including phenoxy) is 1. The predicted molar refractivity (Wildman–Crippen MR) is 157 cm³/mol. The zero-order valence-corrected chi connectivity index (χ0v) is 23.4. The average Bonchev–Trinajstić information content (AvgIpc) is 3.02. The topological polar surface area (TPSA) is 58.6 Å². The molecule has 218 valence electrons. The van der Waals surface area contributed by atoms with Gasteiger partial charge in [-0.25, -0.2) is 4.79 Å². The summed E-state index contributed by atoms with van der Waals surface area (Å²) in [6, 6.07) is 19.1. The molecule has 0 spiro atoms. The van der Waals surface area contributed by atoms with Gasteiger partial charge in [0.2, 0.25) is 0 Å². The maximum Gasteiger partial charge on any atom is 0.416 e. The third-order valence-corrected chi connectivity index (χ3v) is 7.99. The number of nitrogens with zero attached hydrogens (tertiary/aromatic N) is 1. The van der Waals surface area contributed by atoms with Gasteiger partial charge in [-0.1, -0.05) is 60.7 Å². The van der Waals surface area contributed by atoms with E-state index in [9.17, 15) is 22.8 Å². The number of rotatable bonds is 7. The minimum absolute atomic E-state index is 0.230. The van der Waals surface area contributed by atoms with E-state index in [1.807, 2.05) is 30.3 Å². The minimum atomic E-state index is -4.42. The number of likely N-dealkylation sites (tertiary alicyclic amines) is 1. The smallest absolute Gasteiger partial charge is 0.416 e. The van der Waals surface area contributed by atoms with Crippen LogP contribution in [0.5, 0.6) is 0 Å². The van der Waals surface area contributed by atoms with Crippen LogP contribution in [0, 0.1) is 0 Å². The van der Waals surface area contributed by atoms with Gasteiger partial charge in [-0.15, -0.1) is 0 Å². The van der Waals surface area contributed by atoms with E-state index in [4.69, 9.17) is 4.74 Å². The Morgan fingerprint density at radius 3 is 2.24 bits per heavy atom. The molecule has 42 heavy (non-hydrogen) atoms.